The van der Waals surface area contributed by atoms with E-state index in [1.807, 2.05) is 0 Å². The normalized spacial score (nSPS) is 8.00. The van der Waals surface area contributed by atoms with Gasteiger partial charge in [0.25, 0.3) is 0 Å². The summed E-state index contributed by atoms with van der Waals surface area (Å²) in [6.45, 7) is 0.585. The molecule has 0 N–H and O–H groups in total. The van der Waals surface area contributed by atoms with Gasteiger partial charge in [-0.15, -0.1) is 6.92 Å². The maximum absolute atomic E-state index is 11.2. The van der Waals surface area contributed by atoms with E-state index in [1.165, 1.54) is 0 Å². The smallest absolute Gasteiger partial charge is 0.324 e. The van der Waals surface area contributed by atoms with Crippen LogP contribution in [0, 0.1) is 13.5 Å². The average Bonchev–Trinajstić information content (AvgIpc) is 2.23. The number of rotatable bonds is 3. The molecule has 0 aromatic rings. The molecule has 2 radical (unpaired) electrons. The van der Waals surface area contributed by atoms with Gasteiger partial charge in [0.15, 0.2) is 6.86 Å². The number of hydrogen-bond donors (Lipinski definition) is 0. The average molecular weight is 436 g/mol. The molecular weight excluding hydrogens is 420 g/mol. The van der Waals surface area contributed by atoms with Crippen molar-refractivity contribution in [1.29, 1.82) is 0 Å². The first-order chi connectivity index (χ1) is 7.33. The Kier molecular flexibility index (Phi) is 63.7. The minimum absolute atomic E-state index is 0. The zero-order valence-corrected chi connectivity index (χ0v) is 16.3. The molecule has 10 heteroatoms. The molecule has 18 heavy (non-hydrogen) atoms. The fourth-order valence-electron chi connectivity index (χ4n) is 0.0752. The van der Waals surface area contributed by atoms with Gasteiger partial charge >= 0.3 is 6.11 Å². The first-order valence-electron chi connectivity index (χ1n) is 3.58. The number of hydrogen-bond acceptors (Lipinski definition) is 2. The van der Waals surface area contributed by atoms with E-state index in [0.717, 1.165) is 6.92 Å². The molecule has 0 bridgehead atoms. The van der Waals surface area contributed by atoms with E-state index in [4.69, 9.17) is 0 Å². The first-order valence-corrected chi connectivity index (χ1v) is 3.58. The Labute approximate surface area is 154 Å². The molecule has 0 fully saturated rings. The van der Waals surface area contributed by atoms with E-state index in [0.29, 0.717) is 21.3 Å². The summed E-state index contributed by atoms with van der Waals surface area (Å²) >= 11 is 0. The number of alkyl halides is 5. The quantitative estimate of drug-likeness (QED) is 0.493. The van der Waals surface area contributed by atoms with Crippen LogP contribution in [-0.4, -0.2) is 27.3 Å². The van der Waals surface area contributed by atoms with Gasteiger partial charge in [-0.25, -0.2) is 11.5 Å². The third kappa shape index (κ3) is 83.2. The van der Waals surface area contributed by atoms with Gasteiger partial charge in [0.2, 0.25) is 0 Å². The molecule has 0 amide bonds. The Morgan fingerprint density at radius 1 is 1.11 bits per heavy atom. The van der Waals surface area contributed by atoms with Gasteiger partial charge in [0, 0.05) is 72.3 Å². The second-order valence-corrected chi connectivity index (χ2v) is 1.68. The van der Waals surface area contributed by atoms with E-state index in [2.05, 4.69) is 16.6 Å². The van der Waals surface area contributed by atoms with Crippen LogP contribution in [0.25, 0.3) is 0 Å². The molecule has 0 aliphatic rings. The SMILES string of the molecule is CF.CF.C[C-](F)OCF.[CH2-]OC(C)(F)F.[Y].[Y]. The molecule has 0 rings (SSSR count). The minimum Gasteiger partial charge on any atom is -0.501 e. The van der Waals surface area contributed by atoms with Crippen molar-refractivity contribution < 1.29 is 101 Å². The first kappa shape index (κ1) is 36.7. The van der Waals surface area contributed by atoms with Crippen molar-refractivity contribution in [2.45, 2.75) is 20.0 Å². The molecule has 0 aliphatic heterocycles. The maximum atomic E-state index is 11.2. The van der Waals surface area contributed by atoms with Crippen molar-refractivity contribution in [3.8, 4) is 0 Å². The third-order valence-corrected chi connectivity index (χ3v) is 0.507. The fraction of sp³-hybridized carbons (Fsp3) is 0.750. The summed E-state index contributed by atoms with van der Waals surface area (Å²) < 4.78 is 70.2. The molecule has 0 saturated heterocycles. The molecule has 0 atom stereocenters. The van der Waals surface area contributed by atoms with E-state index >= 15 is 0 Å². The summed E-state index contributed by atoms with van der Waals surface area (Å²) in [7, 11) is 3.51. The van der Waals surface area contributed by atoms with Crippen LogP contribution in [0.5, 0.6) is 0 Å². The maximum Gasteiger partial charge on any atom is 0.324 e. The summed E-state index contributed by atoms with van der Waals surface area (Å²) in [5.74, 6) is 0. The Balaban J connectivity index is -0.0000000287. The Bertz CT molecular complexity index is 106. The van der Waals surface area contributed by atoms with Crippen molar-refractivity contribution in [2.75, 3.05) is 21.2 Å². The zero-order valence-electron chi connectivity index (χ0n) is 10.7. The molecule has 0 aromatic heterocycles. The topological polar surface area (TPSA) is 18.5 Å². The molecule has 2 nitrogen and oxygen atoms in total. The van der Waals surface area contributed by atoms with Gasteiger partial charge in [0.1, 0.15) is 0 Å². The second-order valence-electron chi connectivity index (χ2n) is 1.68. The summed E-state index contributed by atoms with van der Waals surface area (Å²) in [6.07, 6.45) is -3.91. The summed E-state index contributed by atoms with van der Waals surface area (Å²) in [4.78, 5) is 0. The van der Waals surface area contributed by atoms with Crippen LogP contribution < -0.4 is 0 Å². The third-order valence-electron chi connectivity index (χ3n) is 0.507. The van der Waals surface area contributed by atoms with Crippen LogP contribution in [0.15, 0.2) is 0 Å². The molecule has 110 valence electrons. The molecule has 0 spiro atoms. The van der Waals surface area contributed by atoms with Crippen molar-refractivity contribution in [3.63, 3.8) is 0 Å². The van der Waals surface area contributed by atoms with Crippen LogP contribution in [0.2, 0.25) is 0 Å². The summed E-state index contributed by atoms with van der Waals surface area (Å²) in [5, 5.41) is 0. The standard InChI is InChI=1S/2C3H5F2O.2CH3F.2Y/c1-3(4,5)6-2;1-3(5)6-2-4;2*1-2;;/h2*2H2,1H3;2*1H3;;/q2*-1;;;;. The van der Waals surface area contributed by atoms with Crippen molar-refractivity contribution in [2.24, 2.45) is 0 Å². The van der Waals surface area contributed by atoms with Crippen LogP contribution in [0.3, 0.4) is 0 Å². The molecule has 0 heterocycles. The van der Waals surface area contributed by atoms with Crippen LogP contribution in [-0.2, 0) is 74.9 Å². The second kappa shape index (κ2) is 31.2. The van der Waals surface area contributed by atoms with E-state index in [1.54, 1.807) is 0 Å². The monoisotopic (exact) mass is 436 g/mol. The molecular formula is C8H16F6O2Y2-2. The Morgan fingerprint density at radius 2 is 1.33 bits per heavy atom. The Morgan fingerprint density at radius 3 is 1.33 bits per heavy atom. The Hall–Kier alpha value is 1.71. The zero-order chi connectivity index (χ0) is 14.2. The van der Waals surface area contributed by atoms with Gasteiger partial charge in [-0.2, -0.15) is 8.78 Å². The summed E-state index contributed by atoms with van der Waals surface area (Å²) in [6, 6.07) is 0. The van der Waals surface area contributed by atoms with Gasteiger partial charge < -0.3 is 13.9 Å². The largest absolute Gasteiger partial charge is 0.501 e. The van der Waals surface area contributed by atoms with E-state index < -0.39 is 19.3 Å². The minimum atomic E-state index is -3.07. The molecule has 0 aliphatic carbocycles. The predicted molar refractivity (Wildman–Crippen MR) is 48.2 cm³/mol. The molecule has 0 saturated carbocycles. The van der Waals surface area contributed by atoms with Gasteiger partial charge in [-0.05, 0) is 6.36 Å². The predicted octanol–water partition coefficient (Wildman–Crippen LogP) is 3.98. The van der Waals surface area contributed by atoms with Crippen LogP contribution in [0.4, 0.5) is 26.3 Å². The summed E-state index contributed by atoms with van der Waals surface area (Å²) in [5.41, 5.74) is 0. The number of ether oxygens (including phenoxy) is 2. The van der Waals surface area contributed by atoms with Gasteiger partial charge in [0.05, 0.1) is 14.4 Å². The van der Waals surface area contributed by atoms with Crippen molar-refractivity contribution in [3.05, 3.63) is 13.5 Å². The van der Waals surface area contributed by atoms with Gasteiger partial charge in [-0.1, -0.05) is 0 Å². The number of halogens is 6. The van der Waals surface area contributed by atoms with Crippen molar-refractivity contribution in [1.82, 2.24) is 0 Å². The van der Waals surface area contributed by atoms with Crippen LogP contribution >= 0.6 is 0 Å². The van der Waals surface area contributed by atoms with E-state index in [9.17, 15) is 26.3 Å². The fourth-order valence-corrected chi connectivity index (χ4v) is 0.0752. The molecule has 0 unspecified atom stereocenters. The van der Waals surface area contributed by atoms with Crippen molar-refractivity contribution >= 4 is 0 Å². The molecule has 0 aromatic carbocycles. The van der Waals surface area contributed by atoms with E-state index in [-0.39, 0.29) is 65.4 Å². The van der Waals surface area contributed by atoms with Gasteiger partial charge in [-0.3, -0.25) is 8.78 Å². The van der Waals surface area contributed by atoms with Crippen LogP contribution in [0.1, 0.15) is 13.8 Å².